The van der Waals surface area contributed by atoms with E-state index < -0.39 is 5.97 Å². The molecule has 0 spiro atoms. The molecule has 5 heteroatoms. The molecule has 1 N–H and O–H groups in total. The van der Waals surface area contributed by atoms with Gasteiger partial charge in [-0.2, -0.15) is 0 Å². The van der Waals surface area contributed by atoms with E-state index in [1.54, 1.807) is 4.90 Å². The standard InChI is InChI=1S/C14H25NO4/c1-2-3-4-9-19-11-13(16)15-7-5-12(6-8-15)10-14(17)18/h12H,2-11H2,1H3,(H,17,18). The minimum atomic E-state index is -0.746. The number of aliphatic carboxylic acids is 1. The number of likely N-dealkylation sites (tertiary alicyclic amines) is 1. The zero-order chi connectivity index (χ0) is 14.1. The fourth-order valence-corrected chi connectivity index (χ4v) is 2.34. The molecule has 1 rings (SSSR count). The van der Waals surface area contributed by atoms with Crippen LogP contribution in [-0.4, -0.2) is 48.2 Å². The van der Waals surface area contributed by atoms with Gasteiger partial charge >= 0.3 is 5.97 Å². The van der Waals surface area contributed by atoms with Crippen LogP contribution < -0.4 is 0 Å². The van der Waals surface area contributed by atoms with E-state index in [-0.39, 0.29) is 24.9 Å². The average Bonchev–Trinajstić information content (AvgIpc) is 2.38. The first-order chi connectivity index (χ1) is 9.13. The summed E-state index contributed by atoms with van der Waals surface area (Å²) in [6.07, 6.45) is 5.07. The molecule has 0 aliphatic carbocycles. The summed E-state index contributed by atoms with van der Waals surface area (Å²) in [7, 11) is 0. The third-order valence-corrected chi connectivity index (χ3v) is 3.55. The zero-order valence-corrected chi connectivity index (χ0v) is 11.8. The number of rotatable bonds is 8. The number of nitrogens with zero attached hydrogens (tertiary/aromatic N) is 1. The summed E-state index contributed by atoms with van der Waals surface area (Å²) in [5.74, 6) is -0.499. The van der Waals surface area contributed by atoms with Gasteiger partial charge in [-0.3, -0.25) is 9.59 Å². The number of amides is 1. The second-order valence-corrected chi connectivity index (χ2v) is 5.18. The minimum Gasteiger partial charge on any atom is -0.481 e. The summed E-state index contributed by atoms with van der Waals surface area (Å²) in [6, 6.07) is 0. The molecule has 0 bridgehead atoms. The molecular weight excluding hydrogens is 246 g/mol. The van der Waals surface area contributed by atoms with E-state index in [1.165, 1.54) is 0 Å². The first kappa shape index (κ1) is 16.0. The Morgan fingerprint density at radius 3 is 2.53 bits per heavy atom. The van der Waals surface area contributed by atoms with Gasteiger partial charge in [0.05, 0.1) is 0 Å². The van der Waals surface area contributed by atoms with E-state index in [4.69, 9.17) is 9.84 Å². The summed E-state index contributed by atoms with van der Waals surface area (Å²) in [4.78, 5) is 24.2. The van der Waals surface area contributed by atoms with Crippen molar-refractivity contribution in [3.63, 3.8) is 0 Å². The Balaban J connectivity index is 2.12. The van der Waals surface area contributed by atoms with Gasteiger partial charge in [0.1, 0.15) is 6.61 Å². The number of carbonyl (C=O) groups is 2. The second kappa shape index (κ2) is 8.91. The number of piperidine rings is 1. The van der Waals surface area contributed by atoms with Gasteiger partial charge in [0, 0.05) is 26.1 Å². The minimum absolute atomic E-state index is 0.0327. The Kier molecular flexibility index (Phi) is 7.48. The second-order valence-electron chi connectivity index (χ2n) is 5.18. The molecule has 0 aromatic carbocycles. The molecule has 0 aromatic heterocycles. The van der Waals surface area contributed by atoms with Crippen LogP contribution in [0.15, 0.2) is 0 Å². The van der Waals surface area contributed by atoms with Crippen LogP contribution in [0.25, 0.3) is 0 Å². The van der Waals surface area contributed by atoms with Crippen LogP contribution >= 0.6 is 0 Å². The smallest absolute Gasteiger partial charge is 0.303 e. The highest BCUT2D eigenvalue weighted by molar-refractivity contribution is 5.77. The Morgan fingerprint density at radius 1 is 1.26 bits per heavy atom. The molecular formula is C14H25NO4. The molecule has 1 heterocycles. The lowest BCUT2D eigenvalue weighted by molar-refractivity contribution is -0.139. The summed E-state index contributed by atoms with van der Waals surface area (Å²) in [5.41, 5.74) is 0. The van der Waals surface area contributed by atoms with E-state index in [2.05, 4.69) is 6.92 Å². The number of unbranched alkanes of at least 4 members (excludes halogenated alkanes) is 2. The highest BCUT2D eigenvalue weighted by atomic mass is 16.5. The molecule has 110 valence electrons. The molecule has 0 aromatic rings. The monoisotopic (exact) mass is 271 g/mol. The van der Waals surface area contributed by atoms with Crippen molar-refractivity contribution in [3.05, 3.63) is 0 Å². The van der Waals surface area contributed by atoms with Crippen LogP contribution in [0.3, 0.4) is 0 Å². The summed E-state index contributed by atoms with van der Waals surface area (Å²) in [6.45, 7) is 4.26. The van der Waals surface area contributed by atoms with Gasteiger partial charge < -0.3 is 14.7 Å². The predicted octanol–water partition coefficient (Wildman–Crippen LogP) is 1.91. The maximum Gasteiger partial charge on any atom is 0.303 e. The van der Waals surface area contributed by atoms with E-state index in [1.807, 2.05) is 0 Å². The highest BCUT2D eigenvalue weighted by Crippen LogP contribution is 2.20. The van der Waals surface area contributed by atoms with Crippen molar-refractivity contribution in [1.82, 2.24) is 4.90 Å². The quantitative estimate of drug-likeness (QED) is 0.685. The lowest BCUT2D eigenvalue weighted by Crippen LogP contribution is -2.40. The number of hydrogen-bond donors (Lipinski definition) is 1. The molecule has 1 aliphatic rings. The van der Waals surface area contributed by atoms with Gasteiger partial charge in [0.15, 0.2) is 0 Å². The van der Waals surface area contributed by atoms with E-state index in [0.717, 1.165) is 32.1 Å². The molecule has 0 radical (unpaired) electrons. The van der Waals surface area contributed by atoms with Gasteiger partial charge in [0.2, 0.25) is 5.91 Å². The van der Waals surface area contributed by atoms with Crippen LogP contribution in [0.5, 0.6) is 0 Å². The van der Waals surface area contributed by atoms with Crippen LogP contribution in [0.2, 0.25) is 0 Å². The molecule has 1 aliphatic heterocycles. The van der Waals surface area contributed by atoms with Crippen molar-refractivity contribution < 1.29 is 19.4 Å². The first-order valence-electron chi connectivity index (χ1n) is 7.20. The number of carbonyl (C=O) groups excluding carboxylic acids is 1. The Labute approximate surface area is 114 Å². The molecule has 0 unspecified atom stereocenters. The lowest BCUT2D eigenvalue weighted by Gasteiger charge is -2.31. The number of carboxylic acid groups (broad SMARTS) is 1. The van der Waals surface area contributed by atoms with Crippen LogP contribution in [0, 0.1) is 5.92 Å². The molecule has 1 saturated heterocycles. The molecule has 1 amide bonds. The van der Waals surface area contributed by atoms with Crippen molar-refractivity contribution in [2.24, 2.45) is 5.92 Å². The Bertz CT molecular complexity index is 285. The maximum absolute atomic E-state index is 11.8. The zero-order valence-electron chi connectivity index (χ0n) is 11.8. The number of carboxylic acids is 1. The molecule has 19 heavy (non-hydrogen) atoms. The number of hydrogen-bond acceptors (Lipinski definition) is 3. The first-order valence-corrected chi connectivity index (χ1v) is 7.20. The van der Waals surface area contributed by atoms with Crippen molar-refractivity contribution in [1.29, 1.82) is 0 Å². The van der Waals surface area contributed by atoms with Crippen LogP contribution in [-0.2, 0) is 14.3 Å². The van der Waals surface area contributed by atoms with Gasteiger partial charge in [-0.05, 0) is 25.2 Å². The number of ether oxygens (including phenoxy) is 1. The van der Waals surface area contributed by atoms with E-state index in [9.17, 15) is 9.59 Å². The van der Waals surface area contributed by atoms with Crippen molar-refractivity contribution in [2.45, 2.75) is 45.4 Å². The fraction of sp³-hybridized carbons (Fsp3) is 0.857. The van der Waals surface area contributed by atoms with Crippen molar-refractivity contribution >= 4 is 11.9 Å². The van der Waals surface area contributed by atoms with E-state index >= 15 is 0 Å². The third kappa shape index (κ3) is 6.57. The molecule has 5 nitrogen and oxygen atoms in total. The largest absolute Gasteiger partial charge is 0.481 e. The fourth-order valence-electron chi connectivity index (χ4n) is 2.34. The highest BCUT2D eigenvalue weighted by Gasteiger charge is 2.24. The van der Waals surface area contributed by atoms with Crippen LogP contribution in [0.1, 0.15) is 45.4 Å². The molecule has 1 fully saturated rings. The normalized spacial score (nSPS) is 16.6. The van der Waals surface area contributed by atoms with E-state index in [0.29, 0.717) is 19.7 Å². The topological polar surface area (TPSA) is 66.8 Å². The summed E-state index contributed by atoms with van der Waals surface area (Å²) < 4.78 is 5.36. The van der Waals surface area contributed by atoms with Gasteiger partial charge in [-0.25, -0.2) is 0 Å². The SMILES string of the molecule is CCCCCOCC(=O)N1CCC(CC(=O)O)CC1. The predicted molar refractivity (Wildman–Crippen MR) is 71.9 cm³/mol. The summed E-state index contributed by atoms with van der Waals surface area (Å²) in [5, 5.41) is 8.73. The summed E-state index contributed by atoms with van der Waals surface area (Å²) >= 11 is 0. The third-order valence-electron chi connectivity index (χ3n) is 3.55. The lowest BCUT2D eigenvalue weighted by atomic mass is 9.94. The maximum atomic E-state index is 11.8. The van der Waals surface area contributed by atoms with Crippen LogP contribution in [0.4, 0.5) is 0 Å². The average molecular weight is 271 g/mol. The van der Waals surface area contributed by atoms with Gasteiger partial charge in [0.25, 0.3) is 0 Å². The van der Waals surface area contributed by atoms with Gasteiger partial charge in [-0.15, -0.1) is 0 Å². The van der Waals surface area contributed by atoms with Crippen molar-refractivity contribution in [3.8, 4) is 0 Å². The molecule has 0 saturated carbocycles. The van der Waals surface area contributed by atoms with Crippen molar-refractivity contribution in [2.75, 3.05) is 26.3 Å². The Morgan fingerprint density at radius 2 is 1.95 bits per heavy atom. The molecule has 0 atom stereocenters. The van der Waals surface area contributed by atoms with Gasteiger partial charge in [-0.1, -0.05) is 19.8 Å². The Hall–Kier alpha value is -1.10.